The maximum Gasteiger partial charge on any atom is 0.240 e. The van der Waals surface area contributed by atoms with Crippen LogP contribution in [0.3, 0.4) is 0 Å². The molecule has 1 saturated heterocycles. The monoisotopic (exact) mass is 457 g/mol. The fourth-order valence-electron chi connectivity index (χ4n) is 3.65. The van der Waals surface area contributed by atoms with E-state index in [1.54, 1.807) is 29.1 Å². The maximum absolute atomic E-state index is 12.9. The number of ether oxygens (including phenoxy) is 1. The van der Waals surface area contributed by atoms with Crippen molar-refractivity contribution >= 4 is 15.8 Å². The van der Waals surface area contributed by atoms with Crippen molar-refractivity contribution in [1.29, 1.82) is 0 Å². The number of hydrogen-bond donors (Lipinski definition) is 3. The van der Waals surface area contributed by atoms with E-state index in [-0.39, 0.29) is 23.3 Å². The van der Waals surface area contributed by atoms with Crippen LogP contribution in [-0.4, -0.2) is 60.5 Å². The second-order valence-corrected chi connectivity index (χ2v) is 9.61. The number of nitrogens with zero attached hydrogens (tertiary/aromatic N) is 4. The molecule has 0 amide bonds. The number of hydrogen-bond acceptors (Lipinski definition) is 8. The largest absolute Gasteiger partial charge is 0.382 e. The molecule has 4 rings (SSSR count). The van der Waals surface area contributed by atoms with Crippen molar-refractivity contribution in [3.05, 3.63) is 41.9 Å². The highest BCUT2D eigenvalue weighted by atomic mass is 32.2. The van der Waals surface area contributed by atoms with Gasteiger partial charge in [-0.15, -0.1) is 0 Å². The van der Waals surface area contributed by atoms with Crippen molar-refractivity contribution in [2.24, 2.45) is 7.05 Å². The van der Waals surface area contributed by atoms with Crippen molar-refractivity contribution in [3.8, 4) is 22.5 Å². The Morgan fingerprint density at radius 3 is 2.81 bits per heavy atom. The van der Waals surface area contributed by atoms with E-state index in [1.807, 2.05) is 27.1 Å². The second kappa shape index (κ2) is 8.94. The van der Waals surface area contributed by atoms with Gasteiger partial charge in [-0.05, 0) is 31.5 Å². The Morgan fingerprint density at radius 2 is 2.12 bits per heavy atom. The lowest BCUT2D eigenvalue weighted by atomic mass is 10.1. The highest BCUT2D eigenvalue weighted by Gasteiger charge is 2.21. The normalized spacial score (nSPS) is 16.9. The molecule has 0 spiro atoms. The standard InChI is InChI=1S/C21H27N7O3S/c1-13-4-5-16(32(29,30)25-9-15-12-31-7-6-23-15)8-17(13)19-10-24-21(22)20(26-19)18-11-28(3)27-14(18)2/h4-5,8,10-11,15,23,25H,6-7,9,12H2,1-3H3,(H2,22,24)/t15-/m0/s1. The number of nitrogen functional groups attached to an aromatic ring is 1. The molecule has 1 atom stereocenters. The van der Waals surface area contributed by atoms with Crippen LogP contribution in [0, 0.1) is 13.8 Å². The lowest BCUT2D eigenvalue weighted by Crippen LogP contribution is -2.48. The van der Waals surface area contributed by atoms with Crippen molar-refractivity contribution in [2.45, 2.75) is 24.8 Å². The number of nitrogens with one attached hydrogen (secondary N) is 2. The fraction of sp³-hybridized carbons (Fsp3) is 0.381. The number of aromatic nitrogens is 4. The van der Waals surface area contributed by atoms with Gasteiger partial charge in [0.2, 0.25) is 10.0 Å². The summed E-state index contributed by atoms with van der Waals surface area (Å²) in [7, 11) is -1.89. The van der Waals surface area contributed by atoms with E-state index in [1.165, 1.54) is 0 Å². The third-order valence-electron chi connectivity index (χ3n) is 5.38. The number of aryl methyl sites for hydroxylation is 3. The molecule has 1 aliphatic rings. The Bertz CT molecular complexity index is 1230. The Balaban J connectivity index is 1.65. The Labute approximate surface area is 187 Å². The molecule has 170 valence electrons. The summed E-state index contributed by atoms with van der Waals surface area (Å²) in [5, 5.41) is 7.58. The molecule has 1 fully saturated rings. The number of sulfonamides is 1. The molecular weight excluding hydrogens is 430 g/mol. The SMILES string of the molecule is Cc1ccc(S(=O)(=O)NC[C@H]2COCCN2)cc1-c1cnc(N)c(-c2cn(C)nc2C)n1. The van der Waals surface area contributed by atoms with Gasteiger partial charge < -0.3 is 15.8 Å². The highest BCUT2D eigenvalue weighted by Crippen LogP contribution is 2.30. The number of benzene rings is 1. The van der Waals surface area contributed by atoms with Crippen LogP contribution in [0.25, 0.3) is 22.5 Å². The van der Waals surface area contributed by atoms with Crippen LogP contribution in [0.1, 0.15) is 11.3 Å². The van der Waals surface area contributed by atoms with Crippen molar-refractivity contribution in [1.82, 2.24) is 29.8 Å². The number of nitrogens with two attached hydrogens (primary N) is 1. The molecule has 0 bridgehead atoms. The molecule has 0 radical (unpaired) electrons. The quantitative estimate of drug-likeness (QED) is 0.499. The molecule has 10 nitrogen and oxygen atoms in total. The summed E-state index contributed by atoms with van der Waals surface area (Å²) in [5.74, 6) is 0.287. The van der Waals surface area contributed by atoms with Gasteiger partial charge in [0.1, 0.15) is 11.5 Å². The van der Waals surface area contributed by atoms with Gasteiger partial charge in [0, 0.05) is 43.5 Å². The second-order valence-electron chi connectivity index (χ2n) is 7.85. The van der Waals surface area contributed by atoms with Crippen LogP contribution in [0.2, 0.25) is 0 Å². The lowest BCUT2D eigenvalue weighted by Gasteiger charge is -2.24. The van der Waals surface area contributed by atoms with E-state index in [9.17, 15) is 8.42 Å². The van der Waals surface area contributed by atoms with Crippen LogP contribution in [0.15, 0.2) is 35.5 Å². The van der Waals surface area contributed by atoms with Crippen LogP contribution in [-0.2, 0) is 21.8 Å². The van der Waals surface area contributed by atoms with Gasteiger partial charge in [0.05, 0.1) is 35.7 Å². The van der Waals surface area contributed by atoms with E-state index < -0.39 is 10.0 Å². The number of morpholine rings is 1. The molecule has 0 aliphatic carbocycles. The van der Waals surface area contributed by atoms with Crippen LogP contribution in [0.5, 0.6) is 0 Å². The van der Waals surface area contributed by atoms with Crippen molar-refractivity contribution < 1.29 is 13.2 Å². The van der Waals surface area contributed by atoms with Crippen LogP contribution < -0.4 is 15.8 Å². The summed E-state index contributed by atoms with van der Waals surface area (Å²) >= 11 is 0. The number of rotatable bonds is 6. The predicted octanol–water partition coefficient (Wildman–Crippen LogP) is 1.01. The van der Waals surface area contributed by atoms with Gasteiger partial charge in [0.15, 0.2) is 0 Å². The first-order chi connectivity index (χ1) is 15.2. The van der Waals surface area contributed by atoms with E-state index in [0.29, 0.717) is 36.7 Å². The van der Waals surface area contributed by atoms with Gasteiger partial charge in [-0.1, -0.05) is 6.07 Å². The van der Waals surface area contributed by atoms with Gasteiger partial charge >= 0.3 is 0 Å². The minimum Gasteiger partial charge on any atom is -0.382 e. The third-order valence-corrected chi connectivity index (χ3v) is 6.80. The lowest BCUT2D eigenvalue weighted by molar-refractivity contribution is 0.0784. The zero-order valence-corrected chi connectivity index (χ0v) is 19.1. The Kier molecular flexibility index (Phi) is 6.24. The molecule has 1 aromatic carbocycles. The maximum atomic E-state index is 12.9. The molecule has 1 aliphatic heterocycles. The smallest absolute Gasteiger partial charge is 0.240 e. The Hall–Kier alpha value is -2.86. The summed E-state index contributed by atoms with van der Waals surface area (Å²) in [5.41, 5.74) is 10.3. The van der Waals surface area contributed by atoms with E-state index in [0.717, 1.165) is 16.8 Å². The first kappa shape index (κ1) is 22.3. The average molecular weight is 458 g/mol. The summed E-state index contributed by atoms with van der Waals surface area (Å²) in [6.45, 7) is 5.83. The van der Waals surface area contributed by atoms with Crippen molar-refractivity contribution in [2.75, 3.05) is 32.0 Å². The summed E-state index contributed by atoms with van der Waals surface area (Å²) in [6, 6.07) is 4.90. The van der Waals surface area contributed by atoms with Gasteiger partial charge in [-0.2, -0.15) is 5.10 Å². The zero-order chi connectivity index (χ0) is 22.9. The summed E-state index contributed by atoms with van der Waals surface area (Å²) < 4.78 is 35.6. The first-order valence-corrected chi connectivity index (χ1v) is 11.8. The molecule has 2 aromatic heterocycles. The van der Waals surface area contributed by atoms with E-state index in [4.69, 9.17) is 15.5 Å². The van der Waals surface area contributed by atoms with Gasteiger partial charge in [0.25, 0.3) is 0 Å². The summed E-state index contributed by atoms with van der Waals surface area (Å²) in [6.07, 6.45) is 3.39. The minimum absolute atomic E-state index is 0.0586. The summed E-state index contributed by atoms with van der Waals surface area (Å²) in [4.78, 5) is 9.17. The molecule has 4 N–H and O–H groups in total. The fourth-order valence-corrected chi connectivity index (χ4v) is 4.75. The molecular formula is C21H27N7O3S. The molecule has 32 heavy (non-hydrogen) atoms. The zero-order valence-electron chi connectivity index (χ0n) is 18.3. The first-order valence-electron chi connectivity index (χ1n) is 10.3. The average Bonchev–Trinajstić information content (AvgIpc) is 3.11. The van der Waals surface area contributed by atoms with E-state index >= 15 is 0 Å². The topological polar surface area (TPSA) is 137 Å². The molecule has 0 unspecified atom stereocenters. The van der Waals surface area contributed by atoms with Crippen LogP contribution >= 0.6 is 0 Å². The minimum atomic E-state index is -3.71. The highest BCUT2D eigenvalue weighted by molar-refractivity contribution is 7.89. The van der Waals surface area contributed by atoms with Crippen LogP contribution in [0.4, 0.5) is 5.82 Å². The van der Waals surface area contributed by atoms with Gasteiger partial charge in [-0.25, -0.2) is 23.1 Å². The number of anilines is 1. The van der Waals surface area contributed by atoms with E-state index in [2.05, 4.69) is 20.1 Å². The molecule has 3 heterocycles. The molecule has 0 saturated carbocycles. The third kappa shape index (κ3) is 4.65. The van der Waals surface area contributed by atoms with Crippen molar-refractivity contribution in [3.63, 3.8) is 0 Å². The predicted molar refractivity (Wildman–Crippen MR) is 121 cm³/mol. The molecule has 3 aromatic rings. The molecule has 11 heteroatoms. The van der Waals surface area contributed by atoms with Gasteiger partial charge in [-0.3, -0.25) is 4.68 Å². The Morgan fingerprint density at radius 1 is 1.31 bits per heavy atom.